The highest BCUT2D eigenvalue weighted by molar-refractivity contribution is 6.23. The van der Waals surface area contributed by atoms with Gasteiger partial charge in [0.1, 0.15) is 36.5 Å². The van der Waals surface area contributed by atoms with Gasteiger partial charge in [0.25, 0.3) is 0 Å². The third-order valence-electron chi connectivity index (χ3n) is 11.5. The highest BCUT2D eigenvalue weighted by atomic mass is 16.6. The number of carbonyl (C=O) groups is 6. The molecule has 0 aliphatic carbocycles. The predicted octanol–water partition coefficient (Wildman–Crippen LogP) is 3.70. The number of cyclic esters (lactones) is 1. The van der Waals surface area contributed by atoms with Crippen molar-refractivity contribution in [2.75, 3.05) is 52.7 Å². The van der Waals surface area contributed by atoms with Crippen molar-refractivity contribution < 1.29 is 62.3 Å². The lowest BCUT2D eigenvalue weighted by atomic mass is 9.65. The van der Waals surface area contributed by atoms with Crippen LogP contribution in [0.25, 0.3) is 0 Å². The number of aliphatic hydroxyl groups is 1. The number of rotatable bonds is 13. The van der Waals surface area contributed by atoms with Crippen LogP contribution in [-0.4, -0.2) is 99.6 Å². The summed E-state index contributed by atoms with van der Waals surface area (Å²) in [5.74, 6) is -1.33. The molecule has 0 radical (unpaired) electrons. The van der Waals surface area contributed by atoms with E-state index in [1.165, 1.54) is 25.3 Å². The molecule has 16 nitrogen and oxygen atoms in total. The van der Waals surface area contributed by atoms with Gasteiger partial charge in [0.2, 0.25) is 11.8 Å². The average molecular weight is 860 g/mol. The van der Waals surface area contributed by atoms with E-state index in [-0.39, 0.29) is 49.7 Å². The van der Waals surface area contributed by atoms with E-state index in [9.17, 15) is 29.1 Å². The fraction of sp³-hybridized carbons (Fsp3) is 0.319. The predicted molar refractivity (Wildman–Crippen MR) is 222 cm³/mol. The summed E-state index contributed by atoms with van der Waals surface area (Å²) in [6.07, 6.45) is -2.33. The van der Waals surface area contributed by atoms with Crippen molar-refractivity contribution in [1.29, 1.82) is 0 Å². The molecule has 6 atom stereocenters. The first-order valence-corrected chi connectivity index (χ1v) is 20.0. The SMILES string of the molecule is COCCOC(=O)N1C(=O)[C@@]2(c3cc(C#CCC(C(=O)OC)C(=O)OC)ccc31)[C@H](C(N)=O)[C@H]1C(=O)O[C@H](c3ccccc3)[C@H](c3ccccc3)N1[C@@H]2c1ccc(OCCO)cc1. The molecule has 2 saturated heterocycles. The number of anilines is 1. The van der Waals surface area contributed by atoms with E-state index in [1.807, 2.05) is 60.7 Å². The monoisotopic (exact) mass is 859 g/mol. The highest BCUT2D eigenvalue weighted by Gasteiger charge is 2.75. The summed E-state index contributed by atoms with van der Waals surface area (Å²) in [4.78, 5) is 86.8. The minimum Gasteiger partial charge on any atom is -0.491 e. The van der Waals surface area contributed by atoms with Gasteiger partial charge in [0.15, 0.2) is 5.92 Å². The Morgan fingerprint density at radius 2 is 1.46 bits per heavy atom. The van der Waals surface area contributed by atoms with Gasteiger partial charge in [-0.3, -0.25) is 28.9 Å². The number of imide groups is 1. The molecule has 326 valence electrons. The lowest BCUT2D eigenvalue weighted by Gasteiger charge is -2.46. The van der Waals surface area contributed by atoms with Gasteiger partial charge < -0.3 is 39.3 Å². The van der Waals surface area contributed by atoms with Gasteiger partial charge in [0, 0.05) is 19.1 Å². The van der Waals surface area contributed by atoms with Gasteiger partial charge in [-0.1, -0.05) is 84.6 Å². The summed E-state index contributed by atoms with van der Waals surface area (Å²) < 4.78 is 32.2. The number of methoxy groups -OCH3 is 3. The molecule has 16 heteroatoms. The fourth-order valence-corrected chi connectivity index (χ4v) is 8.98. The number of nitrogens with zero attached hydrogens (tertiary/aromatic N) is 2. The number of nitrogens with two attached hydrogens (primary N) is 1. The van der Waals surface area contributed by atoms with Crippen LogP contribution in [0.5, 0.6) is 5.75 Å². The van der Waals surface area contributed by atoms with E-state index in [0.717, 1.165) is 19.1 Å². The zero-order valence-corrected chi connectivity index (χ0v) is 34.6. The molecule has 63 heavy (non-hydrogen) atoms. The van der Waals surface area contributed by atoms with Gasteiger partial charge in [0.05, 0.1) is 51.1 Å². The Morgan fingerprint density at radius 1 is 0.810 bits per heavy atom. The fourth-order valence-electron chi connectivity index (χ4n) is 8.98. The van der Waals surface area contributed by atoms with E-state index >= 15 is 4.79 Å². The Labute approximate surface area is 362 Å². The Bertz CT molecular complexity index is 2420. The van der Waals surface area contributed by atoms with Crippen molar-refractivity contribution in [3.05, 3.63) is 131 Å². The maximum absolute atomic E-state index is 15.9. The third-order valence-corrected chi connectivity index (χ3v) is 11.5. The molecule has 3 amide bonds. The van der Waals surface area contributed by atoms with Crippen molar-refractivity contribution in [3.63, 3.8) is 0 Å². The van der Waals surface area contributed by atoms with Crippen LogP contribution in [0.3, 0.4) is 0 Å². The van der Waals surface area contributed by atoms with Crippen molar-refractivity contribution in [2.24, 2.45) is 17.6 Å². The molecular formula is C47H45N3O13. The molecule has 3 N–H and O–H groups in total. The van der Waals surface area contributed by atoms with Gasteiger partial charge >= 0.3 is 24.0 Å². The van der Waals surface area contributed by atoms with Gasteiger partial charge in [-0.25, -0.2) is 9.69 Å². The van der Waals surface area contributed by atoms with E-state index in [4.69, 9.17) is 34.2 Å². The highest BCUT2D eigenvalue weighted by Crippen LogP contribution is 2.65. The zero-order valence-electron chi connectivity index (χ0n) is 34.6. The second kappa shape index (κ2) is 18.9. The first kappa shape index (κ1) is 44.0. The van der Waals surface area contributed by atoms with Crippen LogP contribution in [0.15, 0.2) is 103 Å². The lowest BCUT2D eigenvalue weighted by molar-refractivity contribution is -0.178. The number of ether oxygens (including phenoxy) is 6. The minimum atomic E-state index is -2.14. The quantitative estimate of drug-likeness (QED) is 0.0646. The Hall–Kier alpha value is -7.06. The van der Waals surface area contributed by atoms with E-state index in [0.29, 0.717) is 22.4 Å². The molecule has 1 spiro atoms. The number of hydrogen-bond donors (Lipinski definition) is 2. The average Bonchev–Trinajstić information content (AvgIpc) is 3.76. The van der Waals surface area contributed by atoms with Crippen molar-refractivity contribution >= 4 is 41.5 Å². The van der Waals surface area contributed by atoms with Crippen LogP contribution >= 0.6 is 0 Å². The van der Waals surface area contributed by atoms with Crippen LogP contribution in [-0.2, 0) is 53.1 Å². The summed E-state index contributed by atoms with van der Waals surface area (Å²) in [6, 6.07) is 25.9. The molecule has 3 aliphatic rings. The Balaban J connectivity index is 1.51. The van der Waals surface area contributed by atoms with Gasteiger partial charge in [-0.2, -0.15) is 0 Å². The Kier molecular flexibility index (Phi) is 13.2. The third kappa shape index (κ3) is 7.98. The number of carbonyl (C=O) groups excluding carboxylic acids is 6. The minimum absolute atomic E-state index is 0.00115. The van der Waals surface area contributed by atoms with Crippen LogP contribution in [0.2, 0.25) is 0 Å². The molecule has 4 aromatic carbocycles. The number of fused-ring (bicyclic) bond motifs is 3. The first-order chi connectivity index (χ1) is 30.5. The molecule has 7 rings (SSSR count). The molecular weight excluding hydrogens is 815 g/mol. The molecule has 0 saturated carbocycles. The summed E-state index contributed by atoms with van der Waals surface area (Å²) in [5.41, 5.74) is 6.45. The van der Waals surface area contributed by atoms with Crippen LogP contribution in [0, 0.1) is 23.7 Å². The van der Waals surface area contributed by atoms with E-state index in [2.05, 4.69) is 11.8 Å². The topological polar surface area (TPSA) is 211 Å². The number of morpholine rings is 1. The van der Waals surface area contributed by atoms with Crippen molar-refractivity contribution in [3.8, 4) is 17.6 Å². The molecule has 3 heterocycles. The van der Waals surface area contributed by atoms with E-state index < -0.39 is 77.3 Å². The molecule has 0 unspecified atom stereocenters. The summed E-state index contributed by atoms with van der Waals surface area (Å²) in [7, 11) is 3.68. The molecule has 4 aromatic rings. The maximum Gasteiger partial charge on any atom is 0.421 e. The first-order valence-electron chi connectivity index (χ1n) is 20.0. The van der Waals surface area contributed by atoms with E-state index in [1.54, 1.807) is 29.2 Å². The smallest absolute Gasteiger partial charge is 0.421 e. The van der Waals surface area contributed by atoms with Crippen LogP contribution < -0.4 is 15.4 Å². The van der Waals surface area contributed by atoms with Crippen molar-refractivity contribution in [1.82, 2.24) is 4.90 Å². The normalized spacial score (nSPS) is 22.4. The standard InChI is InChI=1S/C47H45N3O13/c1-58-25-26-62-46(57)49-35-22-17-28(11-10-16-33(42(53)59-2)43(54)60-3)27-34(35)47(45(49)56)36(41(48)52)38-44(55)63-39(30-14-8-5-9-15-30)37(29-12-6-4-7-13-29)50(38)40(47)31-18-20-32(21-19-31)61-24-23-51/h4-9,12-15,17-22,27,33,36-40,51H,16,23-26H2,1-3H3,(H2,48,52)/t36-,37-,38-,39+,40+,47-/m0/s1. The van der Waals surface area contributed by atoms with Crippen LogP contribution in [0.1, 0.15) is 52.4 Å². The number of benzene rings is 4. The lowest BCUT2D eigenvalue weighted by Crippen LogP contribution is -2.55. The molecule has 3 aliphatic heterocycles. The number of amides is 3. The molecule has 0 bridgehead atoms. The van der Waals surface area contributed by atoms with Gasteiger partial charge in [-0.15, -0.1) is 0 Å². The van der Waals surface area contributed by atoms with Gasteiger partial charge in [-0.05, 0) is 52.6 Å². The molecule has 2 fully saturated rings. The largest absolute Gasteiger partial charge is 0.491 e. The summed E-state index contributed by atoms with van der Waals surface area (Å²) in [6.45, 7) is -0.456. The summed E-state index contributed by atoms with van der Waals surface area (Å²) in [5, 5.41) is 9.46. The van der Waals surface area contributed by atoms with Crippen LogP contribution in [0.4, 0.5) is 10.5 Å². The number of primary amides is 1. The van der Waals surface area contributed by atoms with Crippen molar-refractivity contribution in [2.45, 2.75) is 36.1 Å². The summed E-state index contributed by atoms with van der Waals surface area (Å²) >= 11 is 0. The zero-order chi connectivity index (χ0) is 44.8. The molecule has 0 aromatic heterocycles. The maximum atomic E-state index is 15.9. The Morgan fingerprint density at radius 3 is 2.06 bits per heavy atom. The number of hydrogen-bond acceptors (Lipinski definition) is 14. The second-order valence-electron chi connectivity index (χ2n) is 14.9. The number of aliphatic hydroxyl groups excluding tert-OH is 1. The second-order valence-corrected chi connectivity index (χ2v) is 14.9. The number of esters is 3.